The molecule has 0 aliphatic rings. The molecule has 3 aromatic rings. The van der Waals surface area contributed by atoms with Crippen LogP contribution in [0.15, 0.2) is 77.7 Å². The van der Waals surface area contributed by atoms with Crippen molar-refractivity contribution in [3.05, 3.63) is 84.0 Å². The molecule has 0 aliphatic carbocycles. The second-order valence-electron chi connectivity index (χ2n) is 6.29. The van der Waals surface area contributed by atoms with Gasteiger partial charge in [-0.3, -0.25) is 15.4 Å². The minimum atomic E-state index is 0.664. The fourth-order valence-electron chi connectivity index (χ4n) is 2.30. The Morgan fingerprint density at radius 3 is 2.57 bits per heavy atom. The fourth-order valence-corrected chi connectivity index (χ4v) is 2.30. The van der Waals surface area contributed by atoms with Gasteiger partial charge in [-0.1, -0.05) is 42.9 Å². The third-order valence-corrected chi connectivity index (χ3v) is 3.68. The lowest BCUT2D eigenvalue weighted by molar-refractivity contribution is 1.04. The van der Waals surface area contributed by atoms with Crippen LogP contribution in [0.5, 0.6) is 0 Å². The number of hydrogen-bond donors (Lipinski definition) is 1. The summed E-state index contributed by atoms with van der Waals surface area (Å²) in [5.74, 6) is 0.664. The smallest absolute Gasteiger partial charge is 0.173 e. The maximum atomic E-state index is 4.54. The van der Waals surface area contributed by atoms with Crippen LogP contribution in [0.4, 0.5) is 5.82 Å². The van der Waals surface area contributed by atoms with E-state index in [1.54, 1.807) is 18.6 Å². The van der Waals surface area contributed by atoms with Gasteiger partial charge in [-0.2, -0.15) is 5.10 Å². The van der Waals surface area contributed by atoms with Gasteiger partial charge in [-0.05, 0) is 51.5 Å². The molecule has 3 rings (SSSR count). The lowest BCUT2D eigenvalue weighted by Crippen LogP contribution is -1.99. The van der Waals surface area contributed by atoms with E-state index in [1.807, 2.05) is 49.4 Å². The van der Waals surface area contributed by atoms with Crippen LogP contribution in [-0.2, 0) is 6.42 Å². The zero-order valence-electron chi connectivity index (χ0n) is 16.9. The highest BCUT2D eigenvalue weighted by Crippen LogP contribution is 2.20. The molecule has 0 saturated heterocycles. The van der Waals surface area contributed by atoms with E-state index in [-0.39, 0.29) is 0 Å². The second-order valence-corrected chi connectivity index (χ2v) is 6.29. The first-order chi connectivity index (χ1) is 13.6. The number of fused-ring (bicyclic) bond motifs is 1. The molecule has 0 saturated carbocycles. The first-order valence-electron chi connectivity index (χ1n) is 9.35. The van der Waals surface area contributed by atoms with Crippen molar-refractivity contribution in [1.82, 2.24) is 15.0 Å². The Morgan fingerprint density at radius 2 is 1.93 bits per heavy atom. The van der Waals surface area contributed by atoms with E-state index in [1.165, 1.54) is 5.57 Å². The number of rotatable bonds is 5. The first kappa shape index (κ1) is 21.0. The highest BCUT2D eigenvalue weighted by Gasteiger charge is 2.05. The molecule has 0 radical (unpaired) electrons. The minimum absolute atomic E-state index is 0.664. The number of anilines is 1. The maximum Gasteiger partial charge on any atom is 0.173 e. The summed E-state index contributed by atoms with van der Waals surface area (Å²) in [5.41, 5.74) is 6.92. The Balaban J connectivity index is 0.000000345. The molecule has 0 bridgehead atoms. The van der Waals surface area contributed by atoms with E-state index in [0.29, 0.717) is 5.82 Å². The van der Waals surface area contributed by atoms with Gasteiger partial charge in [-0.25, -0.2) is 4.98 Å². The quantitative estimate of drug-likeness (QED) is 0.361. The predicted octanol–water partition coefficient (Wildman–Crippen LogP) is 5.56. The summed E-state index contributed by atoms with van der Waals surface area (Å²) >= 11 is 0. The monoisotopic (exact) mass is 373 g/mol. The van der Waals surface area contributed by atoms with Crippen LogP contribution >= 0.6 is 0 Å². The van der Waals surface area contributed by atoms with Gasteiger partial charge < -0.3 is 0 Å². The fraction of sp³-hybridized carbons (Fsp3) is 0.217. The van der Waals surface area contributed by atoms with Crippen molar-refractivity contribution in [1.29, 1.82) is 0 Å². The lowest BCUT2D eigenvalue weighted by atomic mass is 10.2. The van der Waals surface area contributed by atoms with Gasteiger partial charge in [0, 0.05) is 23.5 Å². The molecule has 0 spiro atoms. The molecule has 1 N–H and O–H groups in total. The molecule has 3 aromatic heterocycles. The number of nitrogens with one attached hydrogen (secondary N) is 1. The van der Waals surface area contributed by atoms with Gasteiger partial charge in [-0.15, -0.1) is 0 Å². The molecular formula is C23H27N5. The molecule has 0 fully saturated rings. The number of hydrazone groups is 1. The van der Waals surface area contributed by atoms with E-state index < -0.39 is 0 Å². The zero-order chi connectivity index (χ0) is 20.2. The van der Waals surface area contributed by atoms with Gasteiger partial charge in [0.1, 0.15) is 5.52 Å². The largest absolute Gasteiger partial charge is 0.259 e. The Morgan fingerprint density at radius 1 is 1.11 bits per heavy atom. The van der Waals surface area contributed by atoms with Gasteiger partial charge in [0.15, 0.2) is 5.82 Å². The summed E-state index contributed by atoms with van der Waals surface area (Å²) in [6.45, 7) is 8.25. The molecule has 5 nitrogen and oxygen atoms in total. The number of allylic oxidation sites excluding steroid dienone is 4. The maximum absolute atomic E-state index is 4.54. The van der Waals surface area contributed by atoms with E-state index in [4.69, 9.17) is 0 Å². The number of nitrogens with zero attached hydrogens (tertiary/aromatic N) is 4. The predicted molar refractivity (Wildman–Crippen MR) is 119 cm³/mol. The third kappa shape index (κ3) is 6.76. The molecule has 0 unspecified atom stereocenters. The van der Waals surface area contributed by atoms with Gasteiger partial charge in [0.25, 0.3) is 0 Å². The molecule has 0 aromatic carbocycles. The molecular weight excluding hydrogens is 346 g/mol. The SMILES string of the molecule is C/C=C\C=C(C)C.CCc1cc2cccnc2c(N/N=C/c2ccccn2)n1. The molecule has 3 heterocycles. The summed E-state index contributed by atoms with van der Waals surface area (Å²) < 4.78 is 0. The molecule has 144 valence electrons. The third-order valence-electron chi connectivity index (χ3n) is 3.68. The van der Waals surface area contributed by atoms with Crippen LogP contribution in [-0.4, -0.2) is 21.2 Å². The minimum Gasteiger partial charge on any atom is -0.259 e. The van der Waals surface area contributed by atoms with Crippen molar-refractivity contribution < 1.29 is 0 Å². The summed E-state index contributed by atoms with van der Waals surface area (Å²) in [4.78, 5) is 13.1. The van der Waals surface area contributed by atoms with Crippen molar-refractivity contribution in [3.8, 4) is 0 Å². The van der Waals surface area contributed by atoms with Crippen molar-refractivity contribution in [2.45, 2.75) is 34.1 Å². The second kappa shape index (κ2) is 11.4. The summed E-state index contributed by atoms with van der Waals surface area (Å²) in [7, 11) is 0. The van der Waals surface area contributed by atoms with Crippen molar-refractivity contribution in [2.75, 3.05) is 5.43 Å². The molecule has 5 heteroatoms. The Bertz CT molecular complexity index is 955. The molecule has 0 atom stereocenters. The summed E-state index contributed by atoms with van der Waals surface area (Å²) in [5, 5.41) is 5.25. The molecule has 0 aliphatic heterocycles. The highest BCUT2D eigenvalue weighted by molar-refractivity contribution is 5.89. The normalized spacial score (nSPS) is 10.7. The first-order valence-corrected chi connectivity index (χ1v) is 9.35. The van der Waals surface area contributed by atoms with Gasteiger partial charge >= 0.3 is 0 Å². The number of hydrogen-bond acceptors (Lipinski definition) is 5. The van der Waals surface area contributed by atoms with E-state index >= 15 is 0 Å². The van der Waals surface area contributed by atoms with Crippen LogP contribution in [0.25, 0.3) is 10.9 Å². The Kier molecular flexibility index (Phi) is 8.53. The average molecular weight is 374 g/mol. The van der Waals surface area contributed by atoms with Crippen LogP contribution in [0.1, 0.15) is 39.1 Å². The van der Waals surface area contributed by atoms with Crippen molar-refractivity contribution in [2.24, 2.45) is 5.10 Å². The van der Waals surface area contributed by atoms with Crippen LogP contribution in [0, 0.1) is 0 Å². The van der Waals surface area contributed by atoms with Gasteiger partial charge in [0.05, 0.1) is 11.9 Å². The topological polar surface area (TPSA) is 63.1 Å². The lowest BCUT2D eigenvalue weighted by Gasteiger charge is -2.06. The Labute approximate surface area is 167 Å². The van der Waals surface area contributed by atoms with Crippen molar-refractivity contribution >= 4 is 22.9 Å². The Hall–Kier alpha value is -3.34. The van der Waals surface area contributed by atoms with E-state index in [9.17, 15) is 0 Å². The number of pyridine rings is 3. The van der Waals surface area contributed by atoms with Crippen LogP contribution in [0.3, 0.4) is 0 Å². The standard InChI is InChI=1S/C16H15N5.C7H12/c1-2-13-10-12-6-5-9-18-15(12)16(20-13)21-19-11-14-7-3-4-8-17-14;1-4-5-6-7(2)3/h3-11H,2H2,1H3,(H,20,21);4-6H,1-3H3/b19-11+;5-4-. The summed E-state index contributed by atoms with van der Waals surface area (Å²) in [6, 6.07) is 11.7. The number of aryl methyl sites for hydroxylation is 1. The molecule has 0 amide bonds. The average Bonchev–Trinajstić information content (AvgIpc) is 2.73. The summed E-state index contributed by atoms with van der Waals surface area (Å²) in [6.07, 6.45) is 12.2. The van der Waals surface area contributed by atoms with Crippen molar-refractivity contribution in [3.63, 3.8) is 0 Å². The number of aromatic nitrogens is 3. The highest BCUT2D eigenvalue weighted by atomic mass is 15.3. The molecule has 28 heavy (non-hydrogen) atoms. The van der Waals surface area contributed by atoms with E-state index in [2.05, 4.69) is 58.4 Å². The van der Waals surface area contributed by atoms with Crippen LogP contribution in [0.2, 0.25) is 0 Å². The van der Waals surface area contributed by atoms with Crippen LogP contribution < -0.4 is 5.43 Å². The van der Waals surface area contributed by atoms with E-state index in [0.717, 1.165) is 28.7 Å². The zero-order valence-corrected chi connectivity index (χ0v) is 16.9. The van der Waals surface area contributed by atoms with Gasteiger partial charge in [0.2, 0.25) is 0 Å².